The molecule has 0 fully saturated rings. The molecule has 0 unspecified atom stereocenters. The molecule has 1 nitrogen and oxygen atoms in total. The highest BCUT2D eigenvalue weighted by atomic mass is 15.0. The molecule has 1 rings (SSSR count). The lowest BCUT2D eigenvalue weighted by atomic mass is 10.0. The maximum atomic E-state index is 3.88. The standard InChI is InChI=1S/C10H14N/c1-4-9-6-7-11(3)8-10(9)5-2/h4-5H,1-3,6-8H2/q+1. The zero-order valence-electron chi connectivity index (χ0n) is 6.84. The summed E-state index contributed by atoms with van der Waals surface area (Å²) in [6.07, 6.45) is 4.87. The van der Waals surface area contributed by atoms with Crippen LogP contribution in [0.25, 0.3) is 0 Å². The average molecular weight is 148 g/mol. The van der Waals surface area contributed by atoms with Gasteiger partial charge in [0.25, 0.3) is 0 Å². The third-order valence-corrected chi connectivity index (χ3v) is 2.00. The SMILES string of the molecule is C=CC1=C(C=C)C[N+](=C)CC1. The van der Waals surface area contributed by atoms with E-state index in [1.165, 1.54) is 11.1 Å². The summed E-state index contributed by atoms with van der Waals surface area (Å²) in [6.45, 7) is 13.3. The van der Waals surface area contributed by atoms with Gasteiger partial charge in [-0.25, -0.2) is 4.58 Å². The summed E-state index contributed by atoms with van der Waals surface area (Å²) >= 11 is 0. The van der Waals surface area contributed by atoms with Gasteiger partial charge in [-0.1, -0.05) is 25.3 Å². The van der Waals surface area contributed by atoms with E-state index in [-0.39, 0.29) is 0 Å². The first-order chi connectivity index (χ1) is 5.27. The lowest BCUT2D eigenvalue weighted by Crippen LogP contribution is -2.20. The van der Waals surface area contributed by atoms with Crippen molar-refractivity contribution in [1.82, 2.24) is 0 Å². The highest BCUT2D eigenvalue weighted by Gasteiger charge is 2.14. The fraction of sp³-hybridized carbons (Fsp3) is 0.300. The lowest BCUT2D eigenvalue weighted by Gasteiger charge is -2.13. The maximum absolute atomic E-state index is 3.88. The minimum Gasteiger partial charge on any atom is -0.238 e. The van der Waals surface area contributed by atoms with Crippen LogP contribution in [-0.4, -0.2) is 24.4 Å². The van der Waals surface area contributed by atoms with E-state index < -0.39 is 0 Å². The van der Waals surface area contributed by atoms with Crippen molar-refractivity contribution in [3.8, 4) is 0 Å². The highest BCUT2D eigenvalue weighted by Crippen LogP contribution is 2.16. The van der Waals surface area contributed by atoms with Gasteiger partial charge < -0.3 is 0 Å². The van der Waals surface area contributed by atoms with Crippen LogP contribution < -0.4 is 0 Å². The number of hydrogen-bond donors (Lipinski definition) is 0. The predicted molar refractivity (Wildman–Crippen MR) is 49.2 cm³/mol. The van der Waals surface area contributed by atoms with Crippen molar-refractivity contribution in [3.05, 3.63) is 36.5 Å². The zero-order chi connectivity index (χ0) is 8.27. The minimum atomic E-state index is 0.908. The Morgan fingerprint density at radius 1 is 1.18 bits per heavy atom. The van der Waals surface area contributed by atoms with Crippen LogP contribution in [0.3, 0.4) is 0 Å². The van der Waals surface area contributed by atoms with Gasteiger partial charge in [0.2, 0.25) is 0 Å². The molecule has 1 heterocycles. The monoisotopic (exact) mass is 148 g/mol. The van der Waals surface area contributed by atoms with Crippen molar-refractivity contribution in [1.29, 1.82) is 0 Å². The van der Waals surface area contributed by atoms with E-state index in [4.69, 9.17) is 0 Å². The summed E-state index contributed by atoms with van der Waals surface area (Å²) in [6, 6.07) is 0. The Kier molecular flexibility index (Phi) is 2.42. The molecule has 0 saturated carbocycles. The van der Waals surface area contributed by atoms with E-state index in [0.717, 1.165) is 19.5 Å². The van der Waals surface area contributed by atoms with Gasteiger partial charge in [-0.3, -0.25) is 0 Å². The van der Waals surface area contributed by atoms with Crippen LogP contribution in [0, 0.1) is 0 Å². The quantitative estimate of drug-likeness (QED) is 0.525. The number of allylic oxidation sites excluding steroid dienone is 1. The minimum absolute atomic E-state index is 0.908. The normalized spacial score (nSPS) is 18.4. The molecule has 1 heteroatoms. The maximum Gasteiger partial charge on any atom is 0.167 e. The fourth-order valence-electron chi connectivity index (χ4n) is 1.29. The summed E-state index contributed by atoms with van der Waals surface area (Å²) in [7, 11) is 0. The van der Waals surface area contributed by atoms with E-state index in [1.54, 1.807) is 0 Å². The van der Waals surface area contributed by atoms with Gasteiger partial charge in [0.1, 0.15) is 13.3 Å². The number of nitrogens with zero attached hydrogens (tertiary/aromatic N) is 1. The Labute approximate surface area is 68.1 Å². The highest BCUT2D eigenvalue weighted by molar-refractivity contribution is 5.33. The molecule has 0 aromatic carbocycles. The molecule has 0 atom stereocenters. The van der Waals surface area contributed by atoms with Crippen molar-refractivity contribution >= 4 is 6.72 Å². The van der Waals surface area contributed by atoms with Gasteiger partial charge in [0, 0.05) is 12.0 Å². The van der Waals surface area contributed by atoms with Crippen LogP contribution in [-0.2, 0) is 0 Å². The van der Waals surface area contributed by atoms with Crippen molar-refractivity contribution in [3.63, 3.8) is 0 Å². The molecule has 0 bridgehead atoms. The van der Waals surface area contributed by atoms with Crippen LogP contribution >= 0.6 is 0 Å². The fourth-order valence-corrected chi connectivity index (χ4v) is 1.29. The van der Waals surface area contributed by atoms with Gasteiger partial charge in [0.05, 0.1) is 0 Å². The molecule has 0 aromatic rings. The van der Waals surface area contributed by atoms with Gasteiger partial charge >= 0.3 is 0 Å². The van der Waals surface area contributed by atoms with Gasteiger partial charge in [-0.05, 0) is 5.57 Å². The lowest BCUT2D eigenvalue weighted by molar-refractivity contribution is -0.513. The molecule has 0 aliphatic carbocycles. The molecule has 1 aliphatic heterocycles. The second kappa shape index (κ2) is 3.33. The summed E-state index contributed by atoms with van der Waals surface area (Å²) in [5.41, 5.74) is 2.58. The van der Waals surface area contributed by atoms with Crippen LogP contribution in [0.5, 0.6) is 0 Å². The van der Waals surface area contributed by atoms with Gasteiger partial charge in [-0.2, -0.15) is 0 Å². The van der Waals surface area contributed by atoms with Crippen molar-refractivity contribution < 1.29 is 4.58 Å². The van der Waals surface area contributed by atoms with E-state index in [9.17, 15) is 0 Å². The van der Waals surface area contributed by atoms with Crippen molar-refractivity contribution in [2.24, 2.45) is 0 Å². The molecular formula is C10H14N+. The van der Waals surface area contributed by atoms with E-state index >= 15 is 0 Å². The summed E-state index contributed by atoms with van der Waals surface area (Å²) in [5, 5.41) is 0. The van der Waals surface area contributed by atoms with Gasteiger partial charge in [-0.15, -0.1) is 0 Å². The largest absolute Gasteiger partial charge is 0.238 e. The Balaban J connectivity index is 2.91. The first kappa shape index (κ1) is 7.99. The number of hydrogen-bond acceptors (Lipinski definition) is 0. The molecule has 58 valence electrons. The third-order valence-electron chi connectivity index (χ3n) is 2.00. The van der Waals surface area contributed by atoms with Crippen LogP contribution in [0.4, 0.5) is 0 Å². The topological polar surface area (TPSA) is 3.01 Å². The Hall–Kier alpha value is -1.11. The number of rotatable bonds is 2. The third kappa shape index (κ3) is 1.67. The second-order valence-corrected chi connectivity index (χ2v) is 2.76. The van der Waals surface area contributed by atoms with Crippen LogP contribution in [0.1, 0.15) is 6.42 Å². The van der Waals surface area contributed by atoms with Crippen molar-refractivity contribution in [2.75, 3.05) is 13.1 Å². The Morgan fingerprint density at radius 2 is 1.82 bits per heavy atom. The molecule has 0 saturated heterocycles. The summed E-state index contributed by atoms with van der Waals surface area (Å²) < 4.78 is 2.05. The molecule has 0 radical (unpaired) electrons. The molecular weight excluding hydrogens is 134 g/mol. The van der Waals surface area contributed by atoms with Crippen molar-refractivity contribution in [2.45, 2.75) is 6.42 Å². The molecule has 0 amide bonds. The predicted octanol–water partition coefficient (Wildman–Crippen LogP) is 1.77. The molecule has 0 spiro atoms. The van der Waals surface area contributed by atoms with E-state index in [0.29, 0.717) is 0 Å². The van der Waals surface area contributed by atoms with E-state index in [2.05, 4.69) is 19.9 Å². The molecule has 0 N–H and O–H groups in total. The Morgan fingerprint density at radius 3 is 2.36 bits per heavy atom. The molecule has 1 aliphatic rings. The smallest absolute Gasteiger partial charge is 0.167 e. The van der Waals surface area contributed by atoms with Crippen LogP contribution in [0.15, 0.2) is 36.5 Å². The molecule has 0 aromatic heterocycles. The van der Waals surface area contributed by atoms with Crippen LogP contribution in [0.2, 0.25) is 0 Å². The van der Waals surface area contributed by atoms with Gasteiger partial charge in [0.15, 0.2) is 6.54 Å². The summed E-state index contributed by atoms with van der Waals surface area (Å²) in [5.74, 6) is 0. The zero-order valence-corrected chi connectivity index (χ0v) is 6.84. The average Bonchev–Trinajstić information content (AvgIpc) is 2.04. The first-order valence-corrected chi connectivity index (χ1v) is 3.80. The molecule has 11 heavy (non-hydrogen) atoms. The Bertz CT molecular complexity index is 233. The summed E-state index contributed by atoms with van der Waals surface area (Å²) in [4.78, 5) is 0. The van der Waals surface area contributed by atoms with E-state index in [1.807, 2.05) is 16.7 Å². The second-order valence-electron chi connectivity index (χ2n) is 2.76. The first-order valence-electron chi connectivity index (χ1n) is 3.80.